The molecule has 3 aromatic rings. The van der Waals surface area contributed by atoms with Gasteiger partial charge in [-0.15, -0.1) is 5.10 Å². The summed E-state index contributed by atoms with van der Waals surface area (Å²) >= 11 is 1.01. The van der Waals surface area contributed by atoms with Crippen molar-refractivity contribution < 1.29 is 23.8 Å². The van der Waals surface area contributed by atoms with Crippen molar-refractivity contribution in [2.75, 3.05) is 25.7 Å². The largest absolute Gasteiger partial charge is 0.497 e. The molecule has 29 heavy (non-hydrogen) atoms. The molecule has 4 rings (SSSR count). The summed E-state index contributed by atoms with van der Waals surface area (Å²) in [6.45, 7) is 0.0302. The second-order valence-electron chi connectivity index (χ2n) is 6.19. The fourth-order valence-electron chi connectivity index (χ4n) is 3.07. The first-order chi connectivity index (χ1) is 14.1. The number of esters is 1. The van der Waals surface area contributed by atoms with Crippen LogP contribution in [0.5, 0.6) is 11.5 Å². The van der Waals surface area contributed by atoms with E-state index in [1.165, 1.54) is 12.0 Å². The second-order valence-corrected chi connectivity index (χ2v) is 6.95. The van der Waals surface area contributed by atoms with Crippen molar-refractivity contribution in [1.82, 2.24) is 9.59 Å². The van der Waals surface area contributed by atoms with Gasteiger partial charge in [0, 0.05) is 5.56 Å². The van der Waals surface area contributed by atoms with Gasteiger partial charge in [-0.1, -0.05) is 16.6 Å². The third-order valence-electron chi connectivity index (χ3n) is 4.53. The van der Waals surface area contributed by atoms with Gasteiger partial charge in [0.15, 0.2) is 0 Å². The van der Waals surface area contributed by atoms with E-state index in [0.717, 1.165) is 17.1 Å². The summed E-state index contributed by atoms with van der Waals surface area (Å²) in [6.07, 6.45) is -0.913. The van der Waals surface area contributed by atoms with Crippen LogP contribution in [-0.4, -0.2) is 48.3 Å². The van der Waals surface area contributed by atoms with Crippen molar-refractivity contribution >= 4 is 29.1 Å². The Bertz CT molecular complexity index is 1050. The molecule has 2 heterocycles. The summed E-state index contributed by atoms with van der Waals surface area (Å²) < 4.78 is 19.7. The highest BCUT2D eigenvalue weighted by molar-refractivity contribution is 7.08. The number of carbonyl (C=O) groups excluding carboxylic acids is 2. The van der Waals surface area contributed by atoms with Crippen LogP contribution in [0.2, 0.25) is 0 Å². The van der Waals surface area contributed by atoms with Gasteiger partial charge in [-0.2, -0.15) is 0 Å². The SMILES string of the molecule is COC(=O)C1CN(C(=O)c2snnc2-c2ccc(OC)cc2)c2ccccc2O1. The number of anilines is 1. The Kier molecular flexibility index (Phi) is 5.13. The van der Waals surface area contributed by atoms with E-state index in [0.29, 0.717) is 27.8 Å². The minimum absolute atomic E-state index is 0.0302. The maximum atomic E-state index is 13.4. The Morgan fingerprint density at radius 1 is 1.14 bits per heavy atom. The molecule has 2 aromatic carbocycles. The van der Waals surface area contributed by atoms with Gasteiger partial charge in [-0.25, -0.2) is 4.79 Å². The van der Waals surface area contributed by atoms with Crippen LogP contribution >= 0.6 is 11.5 Å². The maximum absolute atomic E-state index is 13.4. The molecule has 9 heteroatoms. The van der Waals surface area contributed by atoms with E-state index >= 15 is 0 Å². The third kappa shape index (κ3) is 3.52. The number of rotatable bonds is 4. The number of ether oxygens (including phenoxy) is 3. The van der Waals surface area contributed by atoms with Crippen LogP contribution in [0, 0.1) is 0 Å². The van der Waals surface area contributed by atoms with Gasteiger partial charge in [0.1, 0.15) is 22.1 Å². The molecule has 1 amide bonds. The molecule has 1 aliphatic heterocycles. The number of benzene rings is 2. The zero-order chi connectivity index (χ0) is 20.4. The lowest BCUT2D eigenvalue weighted by atomic mass is 10.1. The van der Waals surface area contributed by atoms with Crippen molar-refractivity contribution in [3.63, 3.8) is 0 Å². The van der Waals surface area contributed by atoms with Crippen LogP contribution in [0.15, 0.2) is 48.5 Å². The van der Waals surface area contributed by atoms with Crippen LogP contribution in [0.25, 0.3) is 11.3 Å². The number of nitrogens with zero attached hydrogens (tertiary/aromatic N) is 3. The van der Waals surface area contributed by atoms with E-state index in [1.807, 2.05) is 12.1 Å². The lowest BCUT2D eigenvalue weighted by molar-refractivity contribution is -0.148. The second kappa shape index (κ2) is 7.88. The van der Waals surface area contributed by atoms with Gasteiger partial charge >= 0.3 is 5.97 Å². The van der Waals surface area contributed by atoms with Crippen molar-refractivity contribution in [3.05, 3.63) is 53.4 Å². The Morgan fingerprint density at radius 3 is 2.62 bits per heavy atom. The van der Waals surface area contributed by atoms with Gasteiger partial charge < -0.3 is 14.2 Å². The zero-order valence-electron chi connectivity index (χ0n) is 15.7. The standard InChI is InChI=1S/C20H17N3O5S/c1-26-13-9-7-12(8-10-13)17-18(29-22-21-17)19(24)23-11-16(20(25)27-2)28-15-6-4-3-5-14(15)23/h3-10,16H,11H2,1-2H3. The molecule has 1 aliphatic rings. The van der Waals surface area contributed by atoms with Crippen LogP contribution in [0.4, 0.5) is 5.69 Å². The van der Waals surface area contributed by atoms with Gasteiger partial charge in [-0.05, 0) is 47.9 Å². The summed E-state index contributed by atoms with van der Waals surface area (Å²) in [5.41, 5.74) is 1.79. The van der Waals surface area contributed by atoms with Crippen molar-refractivity contribution in [3.8, 4) is 22.8 Å². The molecule has 8 nitrogen and oxygen atoms in total. The molecule has 0 spiro atoms. The number of fused-ring (bicyclic) bond motifs is 1. The van der Waals surface area contributed by atoms with Crippen LogP contribution in [0.1, 0.15) is 9.67 Å². The molecular weight excluding hydrogens is 394 g/mol. The number of carbonyl (C=O) groups is 2. The minimum atomic E-state index is -0.913. The number of methoxy groups -OCH3 is 2. The van der Waals surface area contributed by atoms with Gasteiger partial charge in [0.2, 0.25) is 6.10 Å². The van der Waals surface area contributed by atoms with Crippen LogP contribution in [0.3, 0.4) is 0 Å². The number of amides is 1. The lowest BCUT2D eigenvalue weighted by Crippen LogP contribution is -2.47. The molecule has 0 N–H and O–H groups in total. The highest BCUT2D eigenvalue weighted by atomic mass is 32.1. The number of para-hydroxylation sites is 2. The predicted octanol–water partition coefficient (Wildman–Crippen LogP) is 2.79. The summed E-state index contributed by atoms with van der Waals surface area (Å²) in [6, 6.07) is 14.3. The van der Waals surface area contributed by atoms with Crippen molar-refractivity contribution in [2.24, 2.45) is 0 Å². The highest BCUT2D eigenvalue weighted by Gasteiger charge is 2.36. The number of hydrogen-bond acceptors (Lipinski definition) is 8. The summed E-state index contributed by atoms with van der Waals surface area (Å²) in [7, 11) is 2.87. The molecule has 0 radical (unpaired) electrons. The molecule has 0 fully saturated rings. The first kappa shape index (κ1) is 18.9. The van der Waals surface area contributed by atoms with Gasteiger partial charge in [0.05, 0.1) is 26.5 Å². The number of aromatic nitrogens is 2. The molecule has 0 bridgehead atoms. The molecule has 1 atom stereocenters. The smallest absolute Gasteiger partial charge is 0.348 e. The molecular formula is C20H17N3O5S. The summed E-state index contributed by atoms with van der Waals surface area (Å²) in [4.78, 5) is 27.4. The normalized spacial score (nSPS) is 15.2. The van der Waals surface area contributed by atoms with E-state index in [-0.39, 0.29) is 12.5 Å². The molecule has 1 aromatic heterocycles. The van der Waals surface area contributed by atoms with E-state index in [1.54, 1.807) is 43.5 Å². The monoisotopic (exact) mass is 411 g/mol. The molecule has 1 unspecified atom stereocenters. The molecule has 148 valence electrons. The average Bonchev–Trinajstić information content (AvgIpc) is 3.27. The highest BCUT2D eigenvalue weighted by Crippen LogP contribution is 2.36. The zero-order valence-corrected chi connectivity index (χ0v) is 16.5. The topological polar surface area (TPSA) is 90.9 Å². The Morgan fingerprint density at radius 2 is 1.90 bits per heavy atom. The first-order valence-electron chi connectivity index (χ1n) is 8.74. The van der Waals surface area contributed by atoms with Crippen molar-refractivity contribution in [1.29, 1.82) is 0 Å². The Labute approximate surface area is 170 Å². The minimum Gasteiger partial charge on any atom is -0.497 e. The van der Waals surface area contributed by atoms with Gasteiger partial charge in [-0.3, -0.25) is 9.69 Å². The molecule has 0 saturated heterocycles. The van der Waals surface area contributed by atoms with Gasteiger partial charge in [0.25, 0.3) is 5.91 Å². The van der Waals surface area contributed by atoms with E-state index < -0.39 is 12.1 Å². The van der Waals surface area contributed by atoms with E-state index in [2.05, 4.69) is 9.59 Å². The summed E-state index contributed by atoms with van der Waals surface area (Å²) in [5, 5.41) is 4.14. The molecule has 0 aliphatic carbocycles. The van der Waals surface area contributed by atoms with Crippen LogP contribution in [-0.2, 0) is 9.53 Å². The lowest BCUT2D eigenvalue weighted by Gasteiger charge is -2.33. The Hall–Kier alpha value is -3.46. The predicted molar refractivity (Wildman–Crippen MR) is 106 cm³/mol. The maximum Gasteiger partial charge on any atom is 0.348 e. The first-order valence-corrected chi connectivity index (χ1v) is 9.52. The van der Waals surface area contributed by atoms with E-state index in [4.69, 9.17) is 14.2 Å². The van der Waals surface area contributed by atoms with E-state index in [9.17, 15) is 9.59 Å². The molecule has 0 saturated carbocycles. The quantitative estimate of drug-likeness (QED) is 0.610. The Balaban J connectivity index is 1.71. The third-order valence-corrected chi connectivity index (χ3v) is 5.24. The average molecular weight is 411 g/mol. The van der Waals surface area contributed by atoms with Crippen LogP contribution < -0.4 is 14.4 Å². The fourth-order valence-corrected chi connectivity index (χ4v) is 3.71. The number of hydrogen-bond donors (Lipinski definition) is 0. The summed E-state index contributed by atoms with van der Waals surface area (Å²) in [5.74, 6) is 0.282. The van der Waals surface area contributed by atoms with Crippen molar-refractivity contribution in [2.45, 2.75) is 6.10 Å². The fraction of sp³-hybridized carbons (Fsp3) is 0.200.